The fourth-order valence-electron chi connectivity index (χ4n) is 1.19. The van der Waals surface area contributed by atoms with E-state index in [0.29, 0.717) is 0 Å². The minimum atomic E-state index is -0.545. The molecule has 0 fully saturated rings. The molecule has 0 heterocycles. The molecule has 0 atom stereocenters. The molecule has 0 aliphatic carbocycles. The molecule has 1 aromatic carbocycles. The highest BCUT2D eigenvalue weighted by Crippen LogP contribution is 2.13. The van der Waals surface area contributed by atoms with Crippen molar-refractivity contribution in [2.24, 2.45) is 0 Å². The Morgan fingerprint density at radius 3 is 2.33 bits per heavy atom. The van der Waals surface area contributed by atoms with Crippen molar-refractivity contribution in [1.29, 1.82) is 0 Å². The molecular weight excluding hydrogens is 240 g/mol. The third-order valence-corrected chi connectivity index (χ3v) is 2.13. The highest BCUT2D eigenvalue weighted by molar-refractivity contribution is 5.94. The van der Waals surface area contributed by atoms with Gasteiger partial charge in [0.25, 0.3) is 11.6 Å². The van der Waals surface area contributed by atoms with Gasteiger partial charge in [-0.05, 0) is 12.1 Å². The van der Waals surface area contributed by atoms with E-state index in [0.717, 1.165) is 0 Å². The zero-order valence-electron chi connectivity index (χ0n) is 9.95. The van der Waals surface area contributed by atoms with Crippen molar-refractivity contribution in [2.75, 3.05) is 13.8 Å². The van der Waals surface area contributed by atoms with Gasteiger partial charge in [0.05, 0.1) is 4.92 Å². The van der Waals surface area contributed by atoms with Crippen molar-refractivity contribution in [3.8, 4) is 0 Å². The SMILES string of the molecule is CC(=O)OCN(C)C(=O)c1ccc([N+](=O)[O-])cc1. The van der Waals surface area contributed by atoms with Gasteiger partial charge in [-0.15, -0.1) is 0 Å². The van der Waals surface area contributed by atoms with Gasteiger partial charge in [0, 0.05) is 31.7 Å². The van der Waals surface area contributed by atoms with E-state index < -0.39 is 10.9 Å². The normalized spacial score (nSPS) is 9.67. The first kappa shape index (κ1) is 13.6. The van der Waals surface area contributed by atoms with Crippen LogP contribution in [0.25, 0.3) is 0 Å². The van der Waals surface area contributed by atoms with Gasteiger partial charge in [-0.3, -0.25) is 19.7 Å². The topological polar surface area (TPSA) is 89.8 Å². The summed E-state index contributed by atoms with van der Waals surface area (Å²) in [6.07, 6.45) is 0. The van der Waals surface area contributed by atoms with Gasteiger partial charge in [0.2, 0.25) is 0 Å². The van der Waals surface area contributed by atoms with E-state index in [9.17, 15) is 19.7 Å². The quantitative estimate of drug-likeness (QED) is 0.347. The van der Waals surface area contributed by atoms with Crippen LogP contribution in [0.5, 0.6) is 0 Å². The molecular formula is C11H12N2O5. The number of carbonyl (C=O) groups is 2. The number of amides is 1. The Bertz CT molecular complexity index is 469. The third kappa shape index (κ3) is 3.55. The van der Waals surface area contributed by atoms with Crippen molar-refractivity contribution < 1.29 is 19.2 Å². The van der Waals surface area contributed by atoms with Crippen molar-refractivity contribution in [1.82, 2.24) is 4.90 Å². The fourth-order valence-corrected chi connectivity index (χ4v) is 1.19. The molecule has 0 bridgehead atoms. The van der Waals surface area contributed by atoms with Gasteiger partial charge in [-0.25, -0.2) is 0 Å². The molecule has 18 heavy (non-hydrogen) atoms. The number of benzene rings is 1. The maximum absolute atomic E-state index is 11.8. The van der Waals surface area contributed by atoms with Crippen LogP contribution in [0.15, 0.2) is 24.3 Å². The average Bonchev–Trinajstić information content (AvgIpc) is 2.35. The zero-order valence-corrected chi connectivity index (χ0v) is 9.95. The summed E-state index contributed by atoms with van der Waals surface area (Å²) in [7, 11) is 1.46. The Hall–Kier alpha value is -2.44. The highest BCUT2D eigenvalue weighted by Gasteiger charge is 2.14. The second-order valence-corrected chi connectivity index (χ2v) is 3.57. The Balaban J connectivity index is 2.71. The Morgan fingerprint density at radius 2 is 1.89 bits per heavy atom. The van der Waals surface area contributed by atoms with E-state index in [1.54, 1.807) is 0 Å². The van der Waals surface area contributed by atoms with Crippen molar-refractivity contribution in [2.45, 2.75) is 6.92 Å². The fraction of sp³-hybridized carbons (Fsp3) is 0.273. The molecule has 0 spiro atoms. The van der Waals surface area contributed by atoms with E-state index in [4.69, 9.17) is 0 Å². The first-order valence-electron chi connectivity index (χ1n) is 5.05. The Kier molecular flexibility index (Phi) is 4.36. The van der Waals surface area contributed by atoms with E-state index in [1.807, 2.05) is 0 Å². The molecule has 0 aliphatic heterocycles. The third-order valence-electron chi connectivity index (χ3n) is 2.13. The molecule has 0 aromatic heterocycles. The van der Waals surface area contributed by atoms with Crippen LogP contribution in [-0.2, 0) is 9.53 Å². The van der Waals surface area contributed by atoms with Crippen molar-refractivity contribution >= 4 is 17.6 Å². The van der Waals surface area contributed by atoms with E-state index >= 15 is 0 Å². The van der Waals surface area contributed by atoms with Gasteiger partial charge in [-0.2, -0.15) is 0 Å². The van der Waals surface area contributed by atoms with Crippen LogP contribution in [0.3, 0.4) is 0 Å². The Labute approximate surface area is 103 Å². The first-order valence-corrected chi connectivity index (χ1v) is 5.05. The lowest BCUT2D eigenvalue weighted by Gasteiger charge is -2.16. The number of non-ortho nitro benzene ring substituents is 1. The van der Waals surface area contributed by atoms with E-state index in [-0.39, 0.29) is 23.9 Å². The maximum atomic E-state index is 11.8. The molecule has 0 N–H and O–H groups in total. The molecule has 0 saturated carbocycles. The zero-order chi connectivity index (χ0) is 13.7. The van der Waals surface area contributed by atoms with E-state index in [2.05, 4.69) is 4.74 Å². The average molecular weight is 252 g/mol. The summed E-state index contributed by atoms with van der Waals surface area (Å²) in [4.78, 5) is 33.5. The van der Waals surface area contributed by atoms with E-state index in [1.165, 1.54) is 43.1 Å². The molecule has 0 aliphatic rings. The molecule has 0 unspecified atom stereocenters. The molecule has 1 rings (SSSR count). The minimum Gasteiger partial charge on any atom is -0.444 e. The van der Waals surface area contributed by atoms with Crippen molar-refractivity contribution in [3.63, 3.8) is 0 Å². The van der Waals surface area contributed by atoms with Crippen LogP contribution >= 0.6 is 0 Å². The lowest BCUT2D eigenvalue weighted by molar-refractivity contribution is -0.384. The maximum Gasteiger partial charge on any atom is 0.304 e. The number of esters is 1. The molecule has 0 saturated heterocycles. The second kappa shape index (κ2) is 5.76. The number of carbonyl (C=O) groups excluding carboxylic acids is 2. The second-order valence-electron chi connectivity index (χ2n) is 3.57. The number of nitro groups is 1. The van der Waals surface area contributed by atoms with Crippen LogP contribution in [0.2, 0.25) is 0 Å². The molecule has 1 aromatic rings. The molecule has 7 heteroatoms. The highest BCUT2D eigenvalue weighted by atomic mass is 16.6. The number of ether oxygens (including phenoxy) is 1. The van der Waals surface area contributed by atoms with Crippen LogP contribution in [0.4, 0.5) is 5.69 Å². The predicted octanol–water partition coefficient (Wildman–Crippen LogP) is 1.19. The number of rotatable bonds is 4. The van der Waals surface area contributed by atoms with Gasteiger partial charge in [0.15, 0.2) is 6.73 Å². The summed E-state index contributed by atoms with van der Waals surface area (Å²) in [5, 5.41) is 10.4. The van der Waals surface area contributed by atoms with Crippen molar-refractivity contribution in [3.05, 3.63) is 39.9 Å². The summed E-state index contributed by atoms with van der Waals surface area (Å²) in [5.74, 6) is -0.871. The summed E-state index contributed by atoms with van der Waals surface area (Å²) in [6, 6.07) is 5.19. The number of hydrogen-bond donors (Lipinski definition) is 0. The molecule has 7 nitrogen and oxygen atoms in total. The Morgan fingerprint density at radius 1 is 1.33 bits per heavy atom. The summed E-state index contributed by atoms with van der Waals surface area (Å²) in [6.45, 7) is 1.08. The molecule has 0 radical (unpaired) electrons. The lowest BCUT2D eigenvalue weighted by Crippen LogP contribution is -2.30. The standard InChI is InChI=1S/C11H12N2O5/c1-8(14)18-7-12(2)11(15)9-3-5-10(6-4-9)13(16)17/h3-6H,7H2,1-2H3. The smallest absolute Gasteiger partial charge is 0.304 e. The predicted molar refractivity (Wildman–Crippen MR) is 61.8 cm³/mol. The van der Waals surface area contributed by atoms with Gasteiger partial charge in [0.1, 0.15) is 0 Å². The summed E-state index contributed by atoms with van der Waals surface area (Å²) in [5.41, 5.74) is 0.199. The summed E-state index contributed by atoms with van der Waals surface area (Å²) < 4.78 is 4.67. The number of nitrogens with zero attached hydrogens (tertiary/aromatic N) is 2. The minimum absolute atomic E-state index is 0.0887. The number of nitro benzene ring substituents is 1. The number of hydrogen-bond acceptors (Lipinski definition) is 5. The monoisotopic (exact) mass is 252 g/mol. The molecule has 96 valence electrons. The van der Waals surface area contributed by atoms with Gasteiger partial charge in [-0.1, -0.05) is 0 Å². The largest absolute Gasteiger partial charge is 0.444 e. The lowest BCUT2D eigenvalue weighted by atomic mass is 10.2. The van der Waals surface area contributed by atoms with Crippen LogP contribution in [-0.4, -0.2) is 35.5 Å². The van der Waals surface area contributed by atoms with Crippen LogP contribution < -0.4 is 0 Å². The van der Waals surface area contributed by atoms with Gasteiger partial charge >= 0.3 is 5.97 Å². The summed E-state index contributed by atoms with van der Waals surface area (Å²) >= 11 is 0. The first-order chi connectivity index (χ1) is 8.41. The molecule has 1 amide bonds. The van der Waals surface area contributed by atoms with Gasteiger partial charge < -0.3 is 9.64 Å². The van der Waals surface area contributed by atoms with Crippen LogP contribution in [0.1, 0.15) is 17.3 Å². The van der Waals surface area contributed by atoms with Crippen LogP contribution in [0, 0.1) is 10.1 Å².